The Labute approximate surface area is 148 Å². The van der Waals surface area contributed by atoms with Crippen molar-refractivity contribution in [3.8, 4) is 0 Å². The molecule has 0 atom stereocenters. The summed E-state index contributed by atoms with van der Waals surface area (Å²) in [6, 6.07) is 8.82. The number of carbonyl (C=O) groups is 1. The number of hydrogen-bond acceptors (Lipinski definition) is 8. The minimum Gasteiger partial charge on any atom is -0.460 e. The van der Waals surface area contributed by atoms with E-state index in [9.17, 15) is 4.79 Å². The minimum absolute atomic E-state index is 0.160. The Morgan fingerprint density at radius 3 is 2.80 bits per heavy atom. The average molecular weight is 359 g/mol. The van der Waals surface area contributed by atoms with Crippen LogP contribution < -0.4 is 5.73 Å². The molecule has 2 aromatic heterocycles. The van der Waals surface area contributed by atoms with E-state index in [0.29, 0.717) is 27.7 Å². The second kappa shape index (κ2) is 7.95. The lowest BCUT2D eigenvalue weighted by Gasteiger charge is -2.07. The molecule has 130 valence electrons. The van der Waals surface area contributed by atoms with E-state index in [0.717, 1.165) is 0 Å². The molecule has 0 fully saturated rings. The Balaban J connectivity index is 1.52. The highest BCUT2D eigenvalue weighted by Crippen LogP contribution is 2.19. The monoisotopic (exact) mass is 359 g/mol. The van der Waals surface area contributed by atoms with Crippen LogP contribution in [-0.4, -0.2) is 45.0 Å². The molecule has 0 bridgehead atoms. The van der Waals surface area contributed by atoms with Crippen molar-refractivity contribution in [2.24, 2.45) is 0 Å². The second-order valence-electron chi connectivity index (χ2n) is 5.02. The van der Waals surface area contributed by atoms with Gasteiger partial charge < -0.3 is 15.2 Å². The number of fused-ring (bicyclic) bond motifs is 1. The third-order valence-electron chi connectivity index (χ3n) is 3.35. The van der Waals surface area contributed by atoms with E-state index in [4.69, 9.17) is 15.2 Å². The number of aromatic nitrogens is 4. The normalized spacial score (nSPS) is 10.9. The molecule has 3 aromatic rings. The van der Waals surface area contributed by atoms with Crippen molar-refractivity contribution in [1.29, 1.82) is 0 Å². The molecule has 0 radical (unpaired) electrons. The first-order valence-corrected chi connectivity index (χ1v) is 8.74. The van der Waals surface area contributed by atoms with Crippen molar-refractivity contribution in [1.82, 2.24) is 19.5 Å². The number of nitrogens with zero attached hydrogens (tertiary/aromatic N) is 4. The number of carbonyl (C=O) groups excluding carboxylic acids is 1. The Morgan fingerprint density at radius 1 is 1.24 bits per heavy atom. The third-order valence-corrected chi connectivity index (χ3v) is 3.90. The maximum atomic E-state index is 11.8. The van der Waals surface area contributed by atoms with E-state index in [1.807, 2.05) is 12.3 Å². The number of rotatable bonds is 7. The summed E-state index contributed by atoms with van der Waals surface area (Å²) in [5.41, 5.74) is 7.53. The number of benzene rings is 1. The highest BCUT2D eigenvalue weighted by Gasteiger charge is 2.11. The molecule has 0 saturated heterocycles. The molecule has 2 N–H and O–H groups in total. The maximum absolute atomic E-state index is 11.8. The fourth-order valence-electron chi connectivity index (χ4n) is 2.14. The molecule has 3 rings (SSSR count). The first kappa shape index (κ1) is 17.2. The van der Waals surface area contributed by atoms with Crippen molar-refractivity contribution < 1.29 is 14.3 Å². The van der Waals surface area contributed by atoms with Crippen LogP contribution in [-0.2, 0) is 16.2 Å². The molecule has 0 spiro atoms. The fourth-order valence-corrected chi connectivity index (χ4v) is 2.51. The molecule has 0 aliphatic carbocycles. The van der Waals surface area contributed by atoms with Crippen molar-refractivity contribution >= 4 is 34.7 Å². The van der Waals surface area contributed by atoms with Gasteiger partial charge in [0.05, 0.1) is 18.5 Å². The lowest BCUT2D eigenvalue weighted by Crippen LogP contribution is -2.12. The van der Waals surface area contributed by atoms with Crippen LogP contribution in [0.4, 0.5) is 5.82 Å². The van der Waals surface area contributed by atoms with E-state index in [1.165, 1.54) is 11.8 Å². The molecule has 0 aliphatic rings. The van der Waals surface area contributed by atoms with Gasteiger partial charge in [0.1, 0.15) is 18.9 Å². The summed E-state index contributed by atoms with van der Waals surface area (Å²) in [6.45, 7) is 0.644. The Morgan fingerprint density at radius 2 is 2.04 bits per heavy atom. The molecule has 25 heavy (non-hydrogen) atoms. The summed E-state index contributed by atoms with van der Waals surface area (Å²) in [6.07, 6.45) is 3.47. The first-order valence-electron chi connectivity index (χ1n) is 7.51. The standard InChI is InChI=1S/C16H17N5O3S/c1-25-16-19-13(17)12-14(20-16)21(9-18-12)10-23-7-8-24-15(22)11-5-3-2-4-6-11/h2-6,9H,7-8,10H2,1H3,(H2,17,19,20). The van der Waals surface area contributed by atoms with Crippen LogP contribution in [0.3, 0.4) is 0 Å². The quantitative estimate of drug-likeness (QED) is 0.295. The lowest BCUT2D eigenvalue weighted by molar-refractivity contribution is 0.0180. The van der Waals surface area contributed by atoms with Crippen LogP contribution in [0, 0.1) is 0 Å². The molecule has 0 aliphatic heterocycles. The van der Waals surface area contributed by atoms with Crippen LogP contribution in [0.5, 0.6) is 0 Å². The van der Waals surface area contributed by atoms with E-state index >= 15 is 0 Å². The number of anilines is 1. The number of thioether (sulfide) groups is 1. The first-order chi connectivity index (χ1) is 12.2. The molecular weight excluding hydrogens is 342 g/mol. The van der Waals surface area contributed by atoms with E-state index in [2.05, 4.69) is 15.0 Å². The zero-order valence-corrected chi connectivity index (χ0v) is 14.4. The van der Waals surface area contributed by atoms with Crippen LogP contribution in [0.2, 0.25) is 0 Å². The third kappa shape index (κ3) is 4.06. The minimum atomic E-state index is -0.373. The number of nitrogen functional groups attached to an aromatic ring is 1. The summed E-state index contributed by atoms with van der Waals surface area (Å²) in [5.74, 6) is -0.0349. The van der Waals surface area contributed by atoms with Crippen molar-refractivity contribution in [2.75, 3.05) is 25.2 Å². The van der Waals surface area contributed by atoms with Crippen LogP contribution in [0.15, 0.2) is 41.8 Å². The topological polar surface area (TPSA) is 105 Å². The van der Waals surface area contributed by atoms with Crippen LogP contribution in [0.25, 0.3) is 11.2 Å². The van der Waals surface area contributed by atoms with Crippen molar-refractivity contribution in [3.63, 3.8) is 0 Å². The van der Waals surface area contributed by atoms with Gasteiger partial charge in [-0.25, -0.2) is 19.7 Å². The molecular formula is C16H17N5O3S. The Bertz CT molecular complexity index is 869. The predicted octanol–water partition coefficient (Wildman–Crippen LogP) is 1.96. The van der Waals surface area contributed by atoms with Crippen molar-refractivity contribution in [3.05, 3.63) is 42.2 Å². The SMILES string of the molecule is CSc1nc(N)c2ncn(COCCOC(=O)c3ccccc3)c2n1. The average Bonchev–Trinajstić information content (AvgIpc) is 3.05. The van der Waals surface area contributed by atoms with Gasteiger partial charge in [0.25, 0.3) is 0 Å². The van der Waals surface area contributed by atoms with E-state index in [1.54, 1.807) is 35.2 Å². The summed E-state index contributed by atoms with van der Waals surface area (Å²) < 4.78 is 12.4. The number of ether oxygens (including phenoxy) is 2. The summed E-state index contributed by atoms with van der Waals surface area (Å²) in [5, 5.41) is 0.573. The lowest BCUT2D eigenvalue weighted by atomic mass is 10.2. The second-order valence-corrected chi connectivity index (χ2v) is 5.79. The van der Waals surface area contributed by atoms with Gasteiger partial charge in [-0.05, 0) is 18.4 Å². The highest BCUT2D eigenvalue weighted by molar-refractivity contribution is 7.98. The molecule has 0 amide bonds. The van der Waals surface area contributed by atoms with Gasteiger partial charge in [0.15, 0.2) is 16.6 Å². The summed E-state index contributed by atoms with van der Waals surface area (Å²) in [4.78, 5) is 24.5. The summed E-state index contributed by atoms with van der Waals surface area (Å²) >= 11 is 1.40. The zero-order valence-electron chi connectivity index (χ0n) is 13.6. The van der Waals surface area contributed by atoms with Gasteiger partial charge in [-0.15, -0.1) is 0 Å². The molecule has 0 unspecified atom stereocenters. The number of imidazole rings is 1. The van der Waals surface area contributed by atoms with Crippen LogP contribution >= 0.6 is 11.8 Å². The zero-order chi connectivity index (χ0) is 17.6. The Hall–Kier alpha value is -2.65. The largest absolute Gasteiger partial charge is 0.460 e. The number of nitrogens with two attached hydrogens (primary N) is 1. The highest BCUT2D eigenvalue weighted by atomic mass is 32.2. The molecule has 8 nitrogen and oxygen atoms in total. The Kier molecular flexibility index (Phi) is 5.46. The molecule has 1 aromatic carbocycles. The van der Waals surface area contributed by atoms with Gasteiger partial charge in [0.2, 0.25) is 0 Å². The predicted molar refractivity (Wildman–Crippen MR) is 94.2 cm³/mol. The maximum Gasteiger partial charge on any atom is 0.338 e. The van der Waals surface area contributed by atoms with Crippen LogP contribution in [0.1, 0.15) is 10.4 Å². The molecule has 2 heterocycles. The van der Waals surface area contributed by atoms with Gasteiger partial charge in [0, 0.05) is 0 Å². The van der Waals surface area contributed by atoms with Crippen molar-refractivity contribution in [2.45, 2.75) is 11.9 Å². The van der Waals surface area contributed by atoms with E-state index < -0.39 is 0 Å². The molecule has 9 heteroatoms. The molecule has 0 saturated carbocycles. The van der Waals surface area contributed by atoms with Gasteiger partial charge >= 0.3 is 5.97 Å². The van der Waals surface area contributed by atoms with Gasteiger partial charge in [-0.2, -0.15) is 0 Å². The number of hydrogen-bond donors (Lipinski definition) is 1. The van der Waals surface area contributed by atoms with E-state index in [-0.39, 0.29) is 25.9 Å². The van der Waals surface area contributed by atoms with Gasteiger partial charge in [-0.3, -0.25) is 4.57 Å². The number of esters is 1. The van der Waals surface area contributed by atoms with Gasteiger partial charge in [-0.1, -0.05) is 30.0 Å². The smallest absolute Gasteiger partial charge is 0.338 e. The summed E-state index contributed by atoms with van der Waals surface area (Å²) in [7, 11) is 0. The fraction of sp³-hybridized carbons (Fsp3) is 0.250.